The van der Waals surface area contributed by atoms with E-state index in [9.17, 15) is 9.90 Å². The number of methoxy groups -OCH3 is 2. The first-order valence-corrected chi connectivity index (χ1v) is 6.61. The standard InChI is InChI=1S/C15H21NO4/c1-15(2)11(8-12(15)17)16-14(18)13-9(19-3)6-5-7-10(13)20-4/h5-7,11-12,17H,8H2,1-4H3,(H,16,18). The summed E-state index contributed by atoms with van der Waals surface area (Å²) in [5, 5.41) is 12.7. The highest BCUT2D eigenvalue weighted by Crippen LogP contribution is 2.41. The average Bonchev–Trinajstić information content (AvgIpc) is 2.45. The van der Waals surface area contributed by atoms with E-state index in [1.54, 1.807) is 18.2 Å². The Morgan fingerprint density at radius 3 is 2.25 bits per heavy atom. The van der Waals surface area contributed by atoms with Crippen molar-refractivity contribution in [2.24, 2.45) is 5.41 Å². The second-order valence-corrected chi connectivity index (χ2v) is 5.64. The summed E-state index contributed by atoms with van der Waals surface area (Å²) in [7, 11) is 3.03. The highest BCUT2D eigenvalue weighted by atomic mass is 16.5. The Bertz CT molecular complexity index is 490. The number of benzene rings is 1. The van der Waals surface area contributed by atoms with Crippen molar-refractivity contribution in [1.82, 2.24) is 5.32 Å². The third-order valence-electron chi connectivity index (χ3n) is 4.18. The molecule has 1 aromatic carbocycles. The molecule has 2 N–H and O–H groups in total. The van der Waals surface area contributed by atoms with Gasteiger partial charge < -0.3 is 19.9 Å². The van der Waals surface area contributed by atoms with Crippen LogP contribution in [0.1, 0.15) is 30.6 Å². The van der Waals surface area contributed by atoms with Gasteiger partial charge in [-0.1, -0.05) is 19.9 Å². The molecule has 5 nitrogen and oxygen atoms in total. The zero-order valence-electron chi connectivity index (χ0n) is 12.3. The van der Waals surface area contributed by atoms with Gasteiger partial charge in [-0.05, 0) is 18.6 Å². The van der Waals surface area contributed by atoms with Crippen LogP contribution in [0.3, 0.4) is 0 Å². The number of nitrogens with one attached hydrogen (secondary N) is 1. The molecule has 0 saturated heterocycles. The fourth-order valence-electron chi connectivity index (χ4n) is 2.45. The number of aliphatic hydroxyl groups is 1. The lowest BCUT2D eigenvalue weighted by atomic mass is 9.64. The maximum atomic E-state index is 12.4. The van der Waals surface area contributed by atoms with Gasteiger partial charge in [0.25, 0.3) is 5.91 Å². The van der Waals surface area contributed by atoms with Gasteiger partial charge in [-0.2, -0.15) is 0 Å². The monoisotopic (exact) mass is 279 g/mol. The van der Waals surface area contributed by atoms with E-state index in [2.05, 4.69) is 5.32 Å². The van der Waals surface area contributed by atoms with Crippen LogP contribution in [0.5, 0.6) is 11.5 Å². The van der Waals surface area contributed by atoms with Gasteiger partial charge in [0.05, 0.1) is 20.3 Å². The second kappa shape index (κ2) is 5.32. The van der Waals surface area contributed by atoms with E-state index in [-0.39, 0.29) is 23.5 Å². The molecule has 0 bridgehead atoms. The molecular weight excluding hydrogens is 258 g/mol. The van der Waals surface area contributed by atoms with E-state index in [1.165, 1.54) is 14.2 Å². The zero-order valence-corrected chi connectivity index (χ0v) is 12.3. The Morgan fingerprint density at radius 2 is 1.85 bits per heavy atom. The predicted octanol–water partition coefficient (Wildman–Crippen LogP) is 1.59. The number of ether oxygens (including phenoxy) is 2. The number of carbonyl (C=O) groups excluding carboxylic acids is 1. The summed E-state index contributed by atoms with van der Waals surface area (Å²) >= 11 is 0. The molecule has 2 rings (SSSR count). The maximum Gasteiger partial charge on any atom is 0.259 e. The third kappa shape index (κ3) is 2.33. The molecule has 0 aromatic heterocycles. The molecule has 1 fully saturated rings. The quantitative estimate of drug-likeness (QED) is 0.878. The maximum absolute atomic E-state index is 12.4. The summed E-state index contributed by atoms with van der Waals surface area (Å²) in [6.45, 7) is 3.87. The van der Waals surface area contributed by atoms with Crippen molar-refractivity contribution in [3.8, 4) is 11.5 Å². The Balaban J connectivity index is 2.22. The Hall–Kier alpha value is -1.75. The van der Waals surface area contributed by atoms with Gasteiger partial charge in [-0.3, -0.25) is 4.79 Å². The van der Waals surface area contributed by atoms with Gasteiger partial charge in [0.2, 0.25) is 0 Å². The Kier molecular flexibility index (Phi) is 3.90. The van der Waals surface area contributed by atoms with Crippen molar-refractivity contribution in [2.75, 3.05) is 14.2 Å². The molecule has 1 aliphatic carbocycles. The SMILES string of the molecule is COc1cccc(OC)c1C(=O)NC1CC(O)C1(C)C. The van der Waals surface area contributed by atoms with Crippen LogP contribution in [0.25, 0.3) is 0 Å². The van der Waals surface area contributed by atoms with E-state index < -0.39 is 0 Å². The number of hydrogen-bond donors (Lipinski definition) is 2. The lowest BCUT2D eigenvalue weighted by Gasteiger charge is -2.49. The van der Waals surface area contributed by atoms with Crippen molar-refractivity contribution in [2.45, 2.75) is 32.4 Å². The number of rotatable bonds is 4. The molecule has 5 heteroatoms. The lowest BCUT2D eigenvalue weighted by Crippen LogP contribution is -2.61. The number of amides is 1. The minimum Gasteiger partial charge on any atom is -0.496 e. The van der Waals surface area contributed by atoms with Crippen LogP contribution in [0.2, 0.25) is 0 Å². The molecule has 1 aromatic rings. The molecule has 0 spiro atoms. The van der Waals surface area contributed by atoms with Crippen LogP contribution in [0.15, 0.2) is 18.2 Å². The smallest absolute Gasteiger partial charge is 0.259 e. The number of aliphatic hydroxyl groups excluding tert-OH is 1. The molecule has 1 saturated carbocycles. The molecule has 0 radical (unpaired) electrons. The topological polar surface area (TPSA) is 67.8 Å². The molecule has 20 heavy (non-hydrogen) atoms. The van der Waals surface area contributed by atoms with Crippen molar-refractivity contribution >= 4 is 5.91 Å². The fourth-order valence-corrected chi connectivity index (χ4v) is 2.45. The van der Waals surface area contributed by atoms with Crippen LogP contribution < -0.4 is 14.8 Å². The van der Waals surface area contributed by atoms with E-state index in [4.69, 9.17) is 9.47 Å². The molecule has 2 atom stereocenters. The highest BCUT2D eigenvalue weighted by molar-refractivity contribution is 6.00. The van der Waals surface area contributed by atoms with Gasteiger partial charge in [-0.15, -0.1) is 0 Å². The van der Waals surface area contributed by atoms with Crippen LogP contribution in [0, 0.1) is 5.41 Å². The predicted molar refractivity (Wildman–Crippen MR) is 75.2 cm³/mol. The molecule has 1 amide bonds. The summed E-state index contributed by atoms with van der Waals surface area (Å²) in [5.41, 5.74) is 0.0694. The summed E-state index contributed by atoms with van der Waals surface area (Å²) in [4.78, 5) is 12.4. The van der Waals surface area contributed by atoms with E-state index >= 15 is 0 Å². The molecule has 1 aliphatic rings. The van der Waals surface area contributed by atoms with Gasteiger partial charge in [0, 0.05) is 11.5 Å². The summed E-state index contributed by atoms with van der Waals surface area (Å²) in [6, 6.07) is 5.15. The average molecular weight is 279 g/mol. The van der Waals surface area contributed by atoms with Gasteiger partial charge >= 0.3 is 0 Å². The lowest BCUT2D eigenvalue weighted by molar-refractivity contribution is -0.0689. The first kappa shape index (κ1) is 14.7. The van der Waals surface area contributed by atoms with Gasteiger partial charge in [0.15, 0.2) is 0 Å². The second-order valence-electron chi connectivity index (χ2n) is 5.64. The Morgan fingerprint density at radius 1 is 1.30 bits per heavy atom. The first-order chi connectivity index (χ1) is 9.41. The number of hydrogen-bond acceptors (Lipinski definition) is 4. The largest absolute Gasteiger partial charge is 0.496 e. The highest BCUT2D eigenvalue weighted by Gasteiger charge is 2.48. The summed E-state index contributed by atoms with van der Waals surface area (Å²) in [5.74, 6) is 0.698. The minimum atomic E-state index is -0.382. The van der Waals surface area contributed by atoms with Crippen molar-refractivity contribution < 1.29 is 19.4 Å². The van der Waals surface area contributed by atoms with Gasteiger partial charge in [0.1, 0.15) is 17.1 Å². The molecule has 2 unspecified atom stereocenters. The van der Waals surface area contributed by atoms with E-state index in [0.29, 0.717) is 23.5 Å². The third-order valence-corrected chi connectivity index (χ3v) is 4.18. The Labute approximate surface area is 118 Å². The molecule has 0 aliphatic heterocycles. The van der Waals surface area contributed by atoms with Crippen molar-refractivity contribution in [3.63, 3.8) is 0 Å². The van der Waals surface area contributed by atoms with Gasteiger partial charge in [-0.25, -0.2) is 0 Å². The normalized spacial score (nSPS) is 23.6. The summed E-state index contributed by atoms with van der Waals surface area (Å²) < 4.78 is 10.5. The van der Waals surface area contributed by atoms with Crippen LogP contribution >= 0.6 is 0 Å². The van der Waals surface area contributed by atoms with Crippen molar-refractivity contribution in [3.05, 3.63) is 23.8 Å². The van der Waals surface area contributed by atoms with E-state index in [1.807, 2.05) is 13.8 Å². The molecule has 110 valence electrons. The fraction of sp³-hybridized carbons (Fsp3) is 0.533. The minimum absolute atomic E-state index is 0.0559. The molecule has 0 heterocycles. The van der Waals surface area contributed by atoms with E-state index in [0.717, 1.165) is 0 Å². The van der Waals surface area contributed by atoms with Crippen molar-refractivity contribution in [1.29, 1.82) is 0 Å². The first-order valence-electron chi connectivity index (χ1n) is 6.61. The van der Waals surface area contributed by atoms with Crippen LogP contribution in [-0.2, 0) is 0 Å². The molecular formula is C15H21NO4. The van der Waals surface area contributed by atoms with Crippen LogP contribution in [-0.4, -0.2) is 37.4 Å². The van der Waals surface area contributed by atoms with Crippen LogP contribution in [0.4, 0.5) is 0 Å². The summed E-state index contributed by atoms with van der Waals surface area (Å²) in [6.07, 6.45) is 0.184. The zero-order chi connectivity index (χ0) is 14.9. The number of carbonyl (C=O) groups is 1.